The Morgan fingerprint density at radius 3 is 2.42 bits per heavy atom. The van der Waals surface area contributed by atoms with Gasteiger partial charge in [0.15, 0.2) is 5.82 Å². The van der Waals surface area contributed by atoms with E-state index in [1.54, 1.807) is 4.90 Å². The summed E-state index contributed by atoms with van der Waals surface area (Å²) in [6.07, 6.45) is 9.60. The van der Waals surface area contributed by atoms with Gasteiger partial charge in [-0.15, -0.1) is 6.42 Å². The lowest BCUT2D eigenvalue weighted by Crippen LogP contribution is -2.70. The molecule has 5 aliphatic rings. The summed E-state index contributed by atoms with van der Waals surface area (Å²) in [6, 6.07) is 5.20. The summed E-state index contributed by atoms with van der Waals surface area (Å²) >= 11 is 7.01. The van der Waals surface area contributed by atoms with Crippen molar-refractivity contribution in [2.24, 2.45) is 0 Å². The predicted molar refractivity (Wildman–Crippen MR) is 204 cm³/mol. The van der Waals surface area contributed by atoms with Gasteiger partial charge in [0.25, 0.3) is 0 Å². The normalized spacial score (nSPS) is 20.3. The van der Waals surface area contributed by atoms with Crippen LogP contribution in [0.4, 0.5) is 24.2 Å². The van der Waals surface area contributed by atoms with E-state index >= 15 is 8.78 Å². The lowest BCUT2D eigenvalue weighted by atomic mass is 9.88. The van der Waals surface area contributed by atoms with Crippen LogP contribution in [0, 0.1) is 24.0 Å². The number of carbonyl (C=O) groups excluding carboxylic acids is 2. The Hall–Kier alpha value is -5.00. The molecular formula is C40H42ClF2N7O5. The maximum atomic E-state index is 17.4. The number of fused-ring (bicyclic) bond motifs is 5. The number of amides is 2. The molecular weight excluding hydrogens is 732 g/mol. The van der Waals surface area contributed by atoms with Crippen LogP contribution in [0.5, 0.6) is 11.8 Å². The molecule has 55 heavy (non-hydrogen) atoms. The number of terminal acetylenes is 1. The van der Waals surface area contributed by atoms with Crippen LogP contribution in [0.15, 0.2) is 24.3 Å². The van der Waals surface area contributed by atoms with Gasteiger partial charge in [-0.25, -0.2) is 23.4 Å². The Kier molecular flexibility index (Phi) is 9.16. The van der Waals surface area contributed by atoms with Crippen LogP contribution in [-0.4, -0.2) is 112 Å². The Morgan fingerprint density at radius 2 is 1.76 bits per heavy atom. The summed E-state index contributed by atoms with van der Waals surface area (Å²) < 4.78 is 50.3. The van der Waals surface area contributed by atoms with E-state index in [2.05, 4.69) is 20.8 Å². The SMILES string of the molecule is C#Cc1c(F)ccc2cc(OC(=O)N(C)C)cc(-c3nc(Cl)c4c(N5CC6CC(C5)N6C(=O)OC(C)(C)C)nc(OCC56CCCN5CCC6)nc4c3F)c12. The van der Waals surface area contributed by atoms with Gasteiger partial charge in [-0.2, -0.15) is 9.97 Å². The van der Waals surface area contributed by atoms with Gasteiger partial charge >= 0.3 is 18.2 Å². The van der Waals surface area contributed by atoms with Gasteiger partial charge in [-0.1, -0.05) is 23.6 Å². The minimum Gasteiger partial charge on any atom is -0.461 e. The molecule has 0 N–H and O–H groups in total. The van der Waals surface area contributed by atoms with E-state index in [9.17, 15) is 9.59 Å². The molecule has 0 saturated carbocycles. The summed E-state index contributed by atoms with van der Waals surface area (Å²) in [7, 11) is 3.05. The lowest BCUT2D eigenvalue weighted by Gasteiger charge is -2.56. The van der Waals surface area contributed by atoms with Crippen molar-refractivity contribution in [2.75, 3.05) is 51.8 Å². The Morgan fingerprint density at radius 1 is 1.05 bits per heavy atom. The summed E-state index contributed by atoms with van der Waals surface area (Å²) in [6.45, 7) is 8.57. The molecule has 288 valence electrons. The number of halogens is 3. The van der Waals surface area contributed by atoms with Gasteiger partial charge in [-0.3, -0.25) is 9.80 Å². The van der Waals surface area contributed by atoms with E-state index in [1.807, 2.05) is 25.7 Å². The highest BCUT2D eigenvalue weighted by atomic mass is 35.5. The fraction of sp³-hybridized carbons (Fsp3) is 0.475. The second-order valence-corrected chi connectivity index (χ2v) is 16.4. The van der Waals surface area contributed by atoms with E-state index in [4.69, 9.17) is 37.2 Å². The molecule has 2 aromatic carbocycles. The van der Waals surface area contributed by atoms with Gasteiger partial charge in [0.1, 0.15) is 46.0 Å². The van der Waals surface area contributed by atoms with Crippen LogP contribution in [-0.2, 0) is 4.74 Å². The molecule has 5 saturated heterocycles. The van der Waals surface area contributed by atoms with E-state index in [1.165, 1.54) is 43.3 Å². The number of hydrogen-bond acceptors (Lipinski definition) is 10. The van der Waals surface area contributed by atoms with Crippen molar-refractivity contribution in [3.63, 3.8) is 0 Å². The van der Waals surface area contributed by atoms with E-state index in [0.29, 0.717) is 30.9 Å². The van der Waals surface area contributed by atoms with Crippen molar-refractivity contribution >= 4 is 51.3 Å². The van der Waals surface area contributed by atoms with Crippen LogP contribution in [0.3, 0.4) is 0 Å². The molecule has 0 aliphatic carbocycles. The number of hydrogen-bond donors (Lipinski definition) is 0. The molecule has 0 radical (unpaired) electrons. The van der Waals surface area contributed by atoms with Crippen molar-refractivity contribution in [3.8, 4) is 35.4 Å². The molecule has 2 atom stereocenters. The topological polar surface area (TPSA) is 113 Å². The summed E-state index contributed by atoms with van der Waals surface area (Å²) in [5.74, 6) is 1.19. The van der Waals surface area contributed by atoms with E-state index < -0.39 is 23.3 Å². The molecule has 2 bridgehead atoms. The Labute approximate surface area is 322 Å². The third kappa shape index (κ3) is 6.50. The average molecular weight is 774 g/mol. The minimum atomic E-state index is -0.878. The molecule has 5 fully saturated rings. The number of ether oxygens (including phenoxy) is 3. The molecule has 2 unspecified atom stereocenters. The van der Waals surface area contributed by atoms with Gasteiger partial charge in [-0.05, 0) is 89.6 Å². The van der Waals surface area contributed by atoms with Gasteiger partial charge < -0.3 is 24.0 Å². The number of aromatic nitrogens is 3. The number of piperidine rings is 1. The summed E-state index contributed by atoms with van der Waals surface area (Å²) in [5, 5.41) is 0.608. The first-order valence-corrected chi connectivity index (χ1v) is 18.9. The van der Waals surface area contributed by atoms with Gasteiger partial charge in [0.2, 0.25) is 0 Å². The van der Waals surface area contributed by atoms with Crippen molar-refractivity contribution in [2.45, 2.75) is 76.1 Å². The van der Waals surface area contributed by atoms with Crippen LogP contribution in [0.1, 0.15) is 58.4 Å². The molecule has 9 rings (SSSR count). The van der Waals surface area contributed by atoms with Crippen LogP contribution in [0.25, 0.3) is 32.9 Å². The first-order chi connectivity index (χ1) is 26.2. The number of carbonyl (C=O) groups is 2. The number of anilines is 1. The minimum absolute atomic E-state index is 0.0279. The maximum absolute atomic E-state index is 17.4. The Bertz CT molecular complexity index is 2270. The zero-order valence-corrected chi connectivity index (χ0v) is 32.2. The number of nitrogens with zero attached hydrogens (tertiary/aromatic N) is 7. The second-order valence-electron chi connectivity index (χ2n) is 16.1. The zero-order valence-electron chi connectivity index (χ0n) is 31.4. The van der Waals surface area contributed by atoms with E-state index in [0.717, 1.165) is 45.2 Å². The number of pyridine rings is 1. The Balaban J connectivity index is 1.26. The quantitative estimate of drug-likeness (QED) is 0.150. The maximum Gasteiger partial charge on any atom is 0.414 e. The van der Waals surface area contributed by atoms with Crippen molar-refractivity contribution in [3.05, 3.63) is 46.6 Å². The molecule has 12 nitrogen and oxygen atoms in total. The molecule has 7 heterocycles. The van der Waals surface area contributed by atoms with Crippen LogP contribution < -0.4 is 14.4 Å². The summed E-state index contributed by atoms with van der Waals surface area (Å²) in [5.41, 5.74) is -1.30. The fourth-order valence-electron chi connectivity index (χ4n) is 8.61. The highest BCUT2D eigenvalue weighted by molar-refractivity contribution is 6.35. The zero-order chi connectivity index (χ0) is 39.0. The van der Waals surface area contributed by atoms with Gasteiger partial charge in [0, 0.05) is 38.1 Å². The third-order valence-corrected chi connectivity index (χ3v) is 11.4. The third-order valence-electron chi connectivity index (χ3n) is 11.1. The molecule has 0 spiro atoms. The number of rotatable bonds is 6. The summed E-state index contributed by atoms with van der Waals surface area (Å²) in [4.78, 5) is 47.1. The standard InChI is InChI=1S/C40H42ClF2N7O5/c1-7-26-28(42)11-10-22-16-25(54-37(51)47(5)6)18-27(29(22)26)32-31(43)33-30(34(41)44-32)35(46-36(45-33)53-21-40-12-8-14-49(40)15-9-13-40)48-19-23-17-24(20-48)50(23)38(52)55-39(2,3)4/h1,10-11,16,18,23-24H,8-9,12-15,17,19-21H2,2-6H3. The van der Waals surface area contributed by atoms with Crippen molar-refractivity contribution in [1.82, 2.24) is 29.7 Å². The first kappa shape index (κ1) is 36.9. The molecule has 4 aromatic rings. The van der Waals surface area contributed by atoms with Crippen LogP contribution >= 0.6 is 11.6 Å². The van der Waals surface area contributed by atoms with Crippen LogP contribution in [0.2, 0.25) is 5.15 Å². The van der Waals surface area contributed by atoms with Crippen molar-refractivity contribution in [1.29, 1.82) is 0 Å². The highest BCUT2D eigenvalue weighted by Gasteiger charge is 2.50. The largest absolute Gasteiger partial charge is 0.461 e. The first-order valence-electron chi connectivity index (χ1n) is 18.5. The lowest BCUT2D eigenvalue weighted by molar-refractivity contribution is -0.0380. The fourth-order valence-corrected chi connectivity index (χ4v) is 8.87. The molecule has 2 amide bonds. The van der Waals surface area contributed by atoms with Gasteiger partial charge in [0.05, 0.1) is 28.6 Å². The van der Waals surface area contributed by atoms with E-state index in [-0.39, 0.29) is 73.7 Å². The highest BCUT2D eigenvalue weighted by Crippen LogP contribution is 2.44. The monoisotopic (exact) mass is 773 g/mol. The number of piperazine rings is 1. The second kappa shape index (κ2) is 13.6. The predicted octanol–water partition coefficient (Wildman–Crippen LogP) is 7.02. The molecule has 2 aromatic heterocycles. The smallest absolute Gasteiger partial charge is 0.414 e. The average Bonchev–Trinajstić information content (AvgIpc) is 3.71. The molecule has 15 heteroatoms. The number of benzene rings is 2. The molecule has 5 aliphatic heterocycles. The van der Waals surface area contributed by atoms with Crippen molar-refractivity contribution < 1.29 is 32.6 Å².